The van der Waals surface area contributed by atoms with E-state index in [2.05, 4.69) is 0 Å². The summed E-state index contributed by atoms with van der Waals surface area (Å²) in [5, 5.41) is 0. The van der Waals surface area contributed by atoms with Crippen molar-refractivity contribution >= 4 is 0 Å². The van der Waals surface area contributed by atoms with E-state index in [0.717, 1.165) is 0 Å². The van der Waals surface area contributed by atoms with E-state index in [4.69, 9.17) is 0 Å². The van der Waals surface area contributed by atoms with Gasteiger partial charge in [0, 0.05) is 0 Å². The topological polar surface area (TPSA) is 0 Å². The van der Waals surface area contributed by atoms with Crippen LogP contribution in [0.25, 0.3) is 0 Å². The van der Waals surface area contributed by atoms with Gasteiger partial charge in [-0.3, -0.25) is 0 Å². The number of alkyl halides is 2. The maximum atomic E-state index is 1.63. The molecule has 0 amide bonds. The molecule has 3 unspecified atom stereocenters. The van der Waals surface area contributed by atoms with Crippen LogP contribution >= 0.6 is 0 Å². The molecule has 0 heterocycles. The van der Waals surface area contributed by atoms with Crippen molar-refractivity contribution in [3.63, 3.8) is 0 Å². The molecule has 3 aliphatic rings. The van der Waals surface area contributed by atoms with Gasteiger partial charge in [0.05, 0.1) is 0 Å². The summed E-state index contributed by atoms with van der Waals surface area (Å²) in [6.07, 6.45) is 15.9. The fourth-order valence-electron chi connectivity index (χ4n) is 4.08. The van der Waals surface area contributed by atoms with Crippen molar-refractivity contribution in [1.82, 2.24) is 0 Å². The molecule has 0 aromatic carbocycles. The molecular formula is C14H24I-. The van der Waals surface area contributed by atoms with Gasteiger partial charge in [-0.2, -0.15) is 0 Å². The average Bonchev–Trinajstić information content (AvgIpc) is 2.87. The van der Waals surface area contributed by atoms with Crippen LogP contribution < -0.4 is 21.2 Å². The van der Waals surface area contributed by atoms with Gasteiger partial charge in [0.1, 0.15) is 0 Å². The molecule has 3 saturated carbocycles. The van der Waals surface area contributed by atoms with Gasteiger partial charge in [0.2, 0.25) is 0 Å². The third-order valence-corrected chi connectivity index (χ3v) is 9.59. The summed E-state index contributed by atoms with van der Waals surface area (Å²) in [7, 11) is 0. The minimum absolute atomic E-state index is 0.566. The molecule has 0 bridgehead atoms. The molecule has 0 saturated heterocycles. The van der Waals surface area contributed by atoms with E-state index in [1.165, 1.54) is 19.7 Å². The summed E-state index contributed by atoms with van der Waals surface area (Å²) in [6, 6.07) is 0. The van der Waals surface area contributed by atoms with Crippen molar-refractivity contribution in [2.24, 2.45) is 11.8 Å². The molecule has 0 aliphatic heterocycles. The van der Waals surface area contributed by atoms with Crippen LogP contribution in [0.2, 0.25) is 0 Å². The summed E-state index contributed by atoms with van der Waals surface area (Å²) in [4.78, 5) is 0. The summed E-state index contributed by atoms with van der Waals surface area (Å²) < 4.78 is 2.50. The first-order chi connectivity index (χ1) is 7.43. The third kappa shape index (κ3) is 2.37. The molecule has 0 radical (unpaired) electrons. The van der Waals surface area contributed by atoms with Gasteiger partial charge in [0.25, 0.3) is 0 Å². The molecule has 88 valence electrons. The van der Waals surface area contributed by atoms with E-state index in [-0.39, 0.29) is 0 Å². The molecular weight excluding hydrogens is 295 g/mol. The standard InChI is InChI=1S/C14H24I/c1-2-8-12(7-1)15-14-10-4-6-11-5-3-9-13(11)14/h11-14H,1-10H2/q-1. The number of hydrogen-bond donors (Lipinski definition) is 0. The number of hydrogen-bond acceptors (Lipinski definition) is 0. The zero-order valence-electron chi connectivity index (χ0n) is 9.76. The van der Waals surface area contributed by atoms with Crippen LogP contribution in [0.15, 0.2) is 0 Å². The van der Waals surface area contributed by atoms with Crippen molar-refractivity contribution in [2.45, 2.75) is 72.1 Å². The molecule has 3 fully saturated rings. The monoisotopic (exact) mass is 319 g/mol. The average molecular weight is 319 g/mol. The molecule has 3 atom stereocenters. The maximum absolute atomic E-state index is 1.63. The van der Waals surface area contributed by atoms with Crippen LogP contribution in [-0.2, 0) is 0 Å². The first-order valence-electron chi connectivity index (χ1n) is 7.05. The molecule has 0 spiro atoms. The van der Waals surface area contributed by atoms with Crippen molar-refractivity contribution < 1.29 is 21.2 Å². The molecule has 1 heteroatoms. The molecule has 3 rings (SSSR count). The van der Waals surface area contributed by atoms with Crippen LogP contribution in [0, 0.1) is 11.8 Å². The van der Waals surface area contributed by atoms with Crippen molar-refractivity contribution in [2.75, 3.05) is 0 Å². The molecule has 0 aromatic heterocycles. The predicted octanol–water partition coefficient (Wildman–Crippen LogP) is 0.987. The number of halogens is 1. The van der Waals surface area contributed by atoms with Crippen LogP contribution in [-0.4, -0.2) is 7.85 Å². The van der Waals surface area contributed by atoms with E-state index < -0.39 is 0 Å². The Morgan fingerprint density at radius 1 is 0.667 bits per heavy atom. The molecule has 15 heavy (non-hydrogen) atoms. The fourth-order valence-corrected chi connectivity index (χ4v) is 9.26. The Labute approximate surface area is 105 Å². The molecule has 0 nitrogen and oxygen atoms in total. The van der Waals surface area contributed by atoms with Gasteiger partial charge in [-0.15, -0.1) is 0 Å². The normalized spacial score (nSPS) is 42.3. The second-order valence-corrected chi connectivity index (χ2v) is 9.89. The summed E-state index contributed by atoms with van der Waals surface area (Å²) >= 11 is 0.566. The summed E-state index contributed by atoms with van der Waals surface area (Å²) in [5.74, 6) is 2.40. The first-order valence-corrected chi connectivity index (χ1v) is 9.54. The van der Waals surface area contributed by atoms with Gasteiger partial charge >= 0.3 is 105 Å². The quantitative estimate of drug-likeness (QED) is 0.526. The van der Waals surface area contributed by atoms with Crippen LogP contribution in [0.1, 0.15) is 64.2 Å². The minimum atomic E-state index is 0.566. The second kappa shape index (κ2) is 4.93. The van der Waals surface area contributed by atoms with Crippen molar-refractivity contribution in [1.29, 1.82) is 0 Å². The Bertz CT molecular complexity index is 207. The zero-order chi connectivity index (χ0) is 10.1. The zero-order valence-corrected chi connectivity index (χ0v) is 11.9. The van der Waals surface area contributed by atoms with Crippen molar-refractivity contribution in [3.05, 3.63) is 0 Å². The van der Waals surface area contributed by atoms with Gasteiger partial charge in [-0.05, 0) is 0 Å². The van der Waals surface area contributed by atoms with Crippen LogP contribution in [0.5, 0.6) is 0 Å². The van der Waals surface area contributed by atoms with Gasteiger partial charge < -0.3 is 0 Å². The van der Waals surface area contributed by atoms with Gasteiger partial charge in [0.15, 0.2) is 0 Å². The second-order valence-electron chi connectivity index (χ2n) is 5.81. The van der Waals surface area contributed by atoms with E-state index >= 15 is 0 Å². The van der Waals surface area contributed by atoms with E-state index in [9.17, 15) is 0 Å². The van der Waals surface area contributed by atoms with Crippen LogP contribution in [0.3, 0.4) is 0 Å². The Hall–Kier alpha value is 0.730. The van der Waals surface area contributed by atoms with Gasteiger partial charge in [-0.1, -0.05) is 0 Å². The Balaban J connectivity index is 1.59. The Morgan fingerprint density at radius 2 is 1.40 bits per heavy atom. The first kappa shape index (κ1) is 10.9. The molecule has 3 aliphatic carbocycles. The molecule has 0 N–H and O–H groups in total. The fraction of sp³-hybridized carbons (Fsp3) is 1.00. The Morgan fingerprint density at radius 3 is 2.20 bits per heavy atom. The van der Waals surface area contributed by atoms with E-state index in [0.29, 0.717) is 21.2 Å². The van der Waals surface area contributed by atoms with Gasteiger partial charge in [-0.25, -0.2) is 0 Å². The van der Waals surface area contributed by atoms with E-state index in [1.807, 2.05) is 0 Å². The van der Waals surface area contributed by atoms with E-state index in [1.54, 1.807) is 64.2 Å². The number of rotatable bonds is 2. The number of fused-ring (bicyclic) bond motifs is 1. The van der Waals surface area contributed by atoms with Crippen LogP contribution in [0.4, 0.5) is 0 Å². The summed E-state index contributed by atoms with van der Waals surface area (Å²) in [6.45, 7) is 0. The predicted molar refractivity (Wildman–Crippen MR) is 60.7 cm³/mol. The Kier molecular flexibility index (Phi) is 3.57. The van der Waals surface area contributed by atoms with Crippen molar-refractivity contribution in [3.8, 4) is 0 Å². The third-order valence-electron chi connectivity index (χ3n) is 4.86. The SMILES string of the molecule is C1CCC([I-]C2CCCC3CCCC32)C1. The summed E-state index contributed by atoms with van der Waals surface area (Å²) in [5.41, 5.74) is 0. The molecule has 0 aromatic rings.